The summed E-state index contributed by atoms with van der Waals surface area (Å²) in [5.74, 6) is -0.0836. The fraction of sp³-hybridized carbons (Fsp3) is 1.00. The largest absolute Gasteiger partial charge is 0.300 e. The molecule has 17 heavy (non-hydrogen) atoms. The summed E-state index contributed by atoms with van der Waals surface area (Å²) in [6.07, 6.45) is 0. The summed E-state index contributed by atoms with van der Waals surface area (Å²) in [6.45, 7) is 3.72. The first-order chi connectivity index (χ1) is 7.87. The van der Waals surface area contributed by atoms with Gasteiger partial charge in [0.05, 0.1) is 11.5 Å². The molecule has 1 aliphatic heterocycles. The van der Waals surface area contributed by atoms with Crippen molar-refractivity contribution < 1.29 is 21.4 Å². The first kappa shape index (κ1) is 14.8. The van der Waals surface area contributed by atoms with Crippen molar-refractivity contribution in [2.45, 2.75) is 0 Å². The third kappa shape index (κ3) is 6.94. The van der Waals surface area contributed by atoms with E-state index in [1.54, 1.807) is 0 Å². The zero-order valence-corrected chi connectivity index (χ0v) is 11.2. The van der Waals surface area contributed by atoms with Crippen molar-refractivity contribution >= 4 is 20.8 Å². The lowest BCUT2D eigenvalue weighted by Gasteiger charge is -2.34. The molecule has 0 saturated carbocycles. The van der Waals surface area contributed by atoms with E-state index >= 15 is 0 Å². The fourth-order valence-corrected chi connectivity index (χ4v) is 2.64. The molecule has 1 fully saturated rings. The summed E-state index contributed by atoms with van der Waals surface area (Å²) in [4.78, 5) is 3.98. The number of thiol groups is 1. The summed E-state index contributed by atoms with van der Waals surface area (Å²) >= 11 is 0. The third-order valence-electron chi connectivity index (χ3n) is 2.73. The van der Waals surface area contributed by atoms with E-state index in [0.29, 0.717) is 26.2 Å². The summed E-state index contributed by atoms with van der Waals surface area (Å²) in [5.41, 5.74) is 0. The molecule has 0 spiro atoms. The Kier molecular flexibility index (Phi) is 5.80. The zero-order valence-electron chi connectivity index (χ0n) is 9.49. The lowest BCUT2D eigenvalue weighted by Crippen LogP contribution is -2.48. The molecule has 1 aliphatic rings. The van der Waals surface area contributed by atoms with Crippen LogP contribution in [0.5, 0.6) is 0 Å². The molecule has 0 atom stereocenters. The van der Waals surface area contributed by atoms with Crippen LogP contribution in [-0.2, 0) is 20.8 Å². The average Bonchev–Trinajstić information content (AvgIpc) is 2.24. The van der Waals surface area contributed by atoms with Gasteiger partial charge in [0.25, 0.3) is 10.1 Å². The second-order valence-corrected chi connectivity index (χ2v) is 6.71. The van der Waals surface area contributed by atoms with Crippen molar-refractivity contribution in [2.75, 3.05) is 50.8 Å². The maximum atomic E-state index is 10.6. The fourth-order valence-electron chi connectivity index (χ4n) is 1.70. The smallest absolute Gasteiger partial charge is 0.266 e. The van der Waals surface area contributed by atoms with Crippen LogP contribution in [0, 0.1) is 0 Å². The summed E-state index contributed by atoms with van der Waals surface area (Å²) in [7, 11) is -6.22. The van der Waals surface area contributed by atoms with Crippen molar-refractivity contribution in [1.82, 2.24) is 9.80 Å². The monoisotopic (exact) mass is 286 g/mol. The van der Waals surface area contributed by atoms with Gasteiger partial charge in [-0.2, -0.15) is 8.42 Å². The highest BCUT2D eigenvalue weighted by Crippen LogP contribution is 2.01. The number of nitrogens with zero attached hydrogens (tertiary/aromatic N) is 2. The molecular formula is C8H18N2O5S2. The van der Waals surface area contributed by atoms with Gasteiger partial charge in [-0.25, -0.2) is 8.42 Å². The Morgan fingerprint density at radius 1 is 1.00 bits per heavy atom. The second-order valence-electron chi connectivity index (χ2n) is 4.03. The lowest BCUT2D eigenvalue weighted by atomic mass is 10.3. The van der Waals surface area contributed by atoms with E-state index < -0.39 is 20.8 Å². The standard InChI is InChI=1S/C8H18N2O5S2/c11-16(12)7-5-9-1-3-10(4-2-9)6-8-17(13,14)15/h16H,1-8H2,(H,13,14,15). The van der Waals surface area contributed by atoms with E-state index in [1.165, 1.54) is 0 Å². The Morgan fingerprint density at radius 3 is 1.88 bits per heavy atom. The first-order valence-electron chi connectivity index (χ1n) is 5.38. The van der Waals surface area contributed by atoms with Crippen LogP contribution in [0.2, 0.25) is 0 Å². The summed E-state index contributed by atoms with van der Waals surface area (Å²) < 4.78 is 50.6. The van der Waals surface area contributed by atoms with Gasteiger partial charge in [0, 0.05) is 39.3 Å². The molecule has 0 amide bonds. The summed E-state index contributed by atoms with van der Waals surface area (Å²) in [6, 6.07) is 0. The molecule has 0 aromatic carbocycles. The van der Waals surface area contributed by atoms with Crippen LogP contribution in [0.3, 0.4) is 0 Å². The predicted octanol–water partition coefficient (Wildman–Crippen LogP) is -1.90. The molecule has 1 saturated heterocycles. The number of hydrogen-bond acceptors (Lipinski definition) is 6. The van der Waals surface area contributed by atoms with Crippen LogP contribution in [0.1, 0.15) is 0 Å². The topological polar surface area (TPSA) is 95.0 Å². The molecule has 0 unspecified atom stereocenters. The van der Waals surface area contributed by atoms with Crippen LogP contribution in [-0.4, -0.2) is 82.0 Å². The lowest BCUT2D eigenvalue weighted by molar-refractivity contribution is 0.143. The molecule has 102 valence electrons. The molecule has 9 heteroatoms. The van der Waals surface area contributed by atoms with Crippen molar-refractivity contribution in [3.63, 3.8) is 0 Å². The summed E-state index contributed by atoms with van der Waals surface area (Å²) in [5, 5.41) is 0. The molecular weight excluding hydrogens is 268 g/mol. The van der Waals surface area contributed by atoms with Gasteiger partial charge >= 0.3 is 0 Å². The molecule has 1 N–H and O–H groups in total. The maximum Gasteiger partial charge on any atom is 0.266 e. The Bertz CT molecular complexity index is 390. The van der Waals surface area contributed by atoms with Crippen molar-refractivity contribution in [2.24, 2.45) is 0 Å². The van der Waals surface area contributed by atoms with Crippen molar-refractivity contribution in [3.8, 4) is 0 Å². The van der Waals surface area contributed by atoms with Gasteiger partial charge in [0.15, 0.2) is 0 Å². The van der Waals surface area contributed by atoms with Gasteiger partial charge in [0.1, 0.15) is 10.7 Å². The van der Waals surface area contributed by atoms with Crippen LogP contribution < -0.4 is 0 Å². The van der Waals surface area contributed by atoms with Crippen LogP contribution in [0.15, 0.2) is 0 Å². The van der Waals surface area contributed by atoms with Gasteiger partial charge in [-0.15, -0.1) is 0 Å². The first-order valence-corrected chi connectivity index (χ1v) is 8.36. The Hall–Kier alpha value is -0.220. The molecule has 0 aliphatic carbocycles. The van der Waals surface area contributed by atoms with Gasteiger partial charge in [-0.05, 0) is 0 Å². The minimum atomic E-state index is -3.89. The normalized spacial score (nSPS) is 19.9. The van der Waals surface area contributed by atoms with Crippen LogP contribution in [0.4, 0.5) is 0 Å². The molecule has 7 nitrogen and oxygen atoms in total. The quantitative estimate of drug-likeness (QED) is 0.435. The highest BCUT2D eigenvalue weighted by atomic mass is 32.2. The number of rotatable bonds is 6. The second kappa shape index (κ2) is 6.64. The average molecular weight is 286 g/mol. The minimum absolute atomic E-state index is 0.167. The van der Waals surface area contributed by atoms with E-state index in [0.717, 1.165) is 13.1 Å². The number of piperazine rings is 1. The van der Waals surface area contributed by atoms with Gasteiger partial charge in [-0.1, -0.05) is 0 Å². The highest BCUT2D eigenvalue weighted by molar-refractivity contribution is 7.85. The van der Waals surface area contributed by atoms with Gasteiger partial charge < -0.3 is 0 Å². The van der Waals surface area contributed by atoms with Crippen LogP contribution >= 0.6 is 0 Å². The van der Waals surface area contributed by atoms with E-state index in [4.69, 9.17) is 4.55 Å². The molecule has 1 rings (SSSR count). The molecule has 0 bridgehead atoms. The number of hydrogen-bond donors (Lipinski definition) is 2. The molecule has 1 heterocycles. The van der Waals surface area contributed by atoms with Crippen molar-refractivity contribution in [1.29, 1.82) is 0 Å². The molecule has 0 aromatic rings. The van der Waals surface area contributed by atoms with E-state index in [-0.39, 0.29) is 11.5 Å². The Labute approximate surface area is 103 Å². The predicted molar refractivity (Wildman–Crippen MR) is 64.5 cm³/mol. The SMILES string of the molecule is O=[SH](=O)CCN1CCN(CCS(=O)(=O)O)CC1. The van der Waals surface area contributed by atoms with Crippen LogP contribution in [0.25, 0.3) is 0 Å². The highest BCUT2D eigenvalue weighted by Gasteiger charge is 2.18. The van der Waals surface area contributed by atoms with E-state index in [2.05, 4.69) is 0 Å². The minimum Gasteiger partial charge on any atom is -0.300 e. The van der Waals surface area contributed by atoms with E-state index in [9.17, 15) is 16.8 Å². The molecule has 0 aromatic heterocycles. The van der Waals surface area contributed by atoms with Gasteiger partial charge in [0.2, 0.25) is 0 Å². The maximum absolute atomic E-state index is 10.6. The van der Waals surface area contributed by atoms with Gasteiger partial charge in [-0.3, -0.25) is 14.4 Å². The Balaban J connectivity index is 2.21. The Morgan fingerprint density at radius 2 is 1.47 bits per heavy atom. The molecule has 0 radical (unpaired) electrons. The van der Waals surface area contributed by atoms with Crippen molar-refractivity contribution in [3.05, 3.63) is 0 Å². The van der Waals surface area contributed by atoms with E-state index in [1.807, 2.05) is 9.80 Å². The zero-order chi connectivity index (χ0) is 12.9. The third-order valence-corrected chi connectivity index (χ3v) is 3.99.